The molecule has 2 aliphatic rings. The Balaban J connectivity index is 1.65. The van der Waals surface area contributed by atoms with Gasteiger partial charge in [0, 0.05) is 12.6 Å². The van der Waals surface area contributed by atoms with Crippen LogP contribution in [0.25, 0.3) is 0 Å². The molecule has 0 unspecified atom stereocenters. The Morgan fingerprint density at radius 3 is 2.82 bits per heavy atom. The summed E-state index contributed by atoms with van der Waals surface area (Å²) in [6, 6.07) is 0.568. The zero-order chi connectivity index (χ0) is 11.9. The van der Waals surface area contributed by atoms with Crippen molar-refractivity contribution in [2.45, 2.75) is 63.8 Å². The molecule has 1 saturated carbocycles. The van der Waals surface area contributed by atoms with Gasteiger partial charge in [0.25, 0.3) is 0 Å². The summed E-state index contributed by atoms with van der Waals surface area (Å²) in [5, 5.41) is 3.35. The molecule has 0 saturated heterocycles. The number of allylic oxidation sites excluding steroid dienone is 1. The molecule has 1 fully saturated rings. The summed E-state index contributed by atoms with van der Waals surface area (Å²) in [5.74, 6) is 0.649. The van der Waals surface area contributed by atoms with Gasteiger partial charge in [-0.3, -0.25) is 4.99 Å². The Morgan fingerprint density at radius 2 is 2.12 bits per heavy atom. The maximum Gasteiger partial charge on any atom is 0.188 e. The molecule has 2 aliphatic carbocycles. The van der Waals surface area contributed by atoms with Crippen molar-refractivity contribution < 1.29 is 0 Å². The summed E-state index contributed by atoms with van der Waals surface area (Å²) in [5.41, 5.74) is 7.48. The fraction of sp³-hybridized carbons (Fsp3) is 0.786. The van der Waals surface area contributed by atoms with E-state index in [0.717, 1.165) is 13.0 Å². The number of rotatable bonds is 4. The second-order valence-electron chi connectivity index (χ2n) is 5.25. The maximum absolute atomic E-state index is 5.91. The Labute approximate surface area is 105 Å². The van der Waals surface area contributed by atoms with Crippen molar-refractivity contribution in [1.82, 2.24) is 5.32 Å². The molecule has 0 aliphatic heterocycles. The van der Waals surface area contributed by atoms with Gasteiger partial charge in [0.05, 0.1) is 0 Å². The standard InChI is InChI=1S/C14H25N3/c15-14(17-13-8-2-1-3-9-13)16-11-10-12-6-4-5-7-12/h6,13H,1-5,7-11H2,(H3,15,16,17). The molecule has 0 aromatic carbocycles. The normalized spacial score (nSPS) is 22.6. The lowest BCUT2D eigenvalue weighted by atomic mass is 9.96. The average Bonchev–Trinajstić information content (AvgIpc) is 2.83. The van der Waals surface area contributed by atoms with Crippen LogP contribution in [0.1, 0.15) is 57.8 Å². The van der Waals surface area contributed by atoms with Gasteiger partial charge >= 0.3 is 0 Å². The molecule has 0 atom stereocenters. The van der Waals surface area contributed by atoms with Crippen LogP contribution in [-0.4, -0.2) is 18.5 Å². The molecule has 0 radical (unpaired) electrons. The predicted molar refractivity (Wildman–Crippen MR) is 73.0 cm³/mol. The van der Waals surface area contributed by atoms with Gasteiger partial charge in [0.2, 0.25) is 0 Å². The van der Waals surface area contributed by atoms with Crippen LogP contribution in [0, 0.1) is 0 Å². The number of nitrogens with zero attached hydrogens (tertiary/aromatic N) is 1. The highest BCUT2D eigenvalue weighted by molar-refractivity contribution is 5.78. The highest BCUT2D eigenvalue weighted by atomic mass is 15.1. The molecule has 0 amide bonds. The molecule has 0 bridgehead atoms. The number of guanidine groups is 1. The van der Waals surface area contributed by atoms with Crippen molar-refractivity contribution in [3.8, 4) is 0 Å². The van der Waals surface area contributed by atoms with Crippen molar-refractivity contribution in [3.63, 3.8) is 0 Å². The third kappa shape index (κ3) is 4.41. The second kappa shape index (κ2) is 6.67. The third-order valence-electron chi connectivity index (χ3n) is 3.81. The molecule has 2 rings (SSSR count). The van der Waals surface area contributed by atoms with E-state index in [-0.39, 0.29) is 0 Å². The van der Waals surface area contributed by atoms with Crippen molar-refractivity contribution in [2.75, 3.05) is 6.54 Å². The van der Waals surface area contributed by atoms with E-state index in [1.54, 1.807) is 5.57 Å². The molecule has 0 aromatic heterocycles. The summed E-state index contributed by atoms with van der Waals surface area (Å²) < 4.78 is 0. The van der Waals surface area contributed by atoms with Gasteiger partial charge in [-0.1, -0.05) is 30.9 Å². The molecular formula is C14H25N3. The first-order chi connectivity index (χ1) is 8.34. The van der Waals surface area contributed by atoms with E-state index in [2.05, 4.69) is 16.4 Å². The van der Waals surface area contributed by atoms with Gasteiger partial charge < -0.3 is 11.1 Å². The van der Waals surface area contributed by atoms with Gasteiger partial charge in [-0.25, -0.2) is 0 Å². The average molecular weight is 235 g/mol. The number of hydrogen-bond donors (Lipinski definition) is 2. The minimum atomic E-state index is 0.568. The second-order valence-corrected chi connectivity index (χ2v) is 5.25. The number of nitrogens with two attached hydrogens (primary N) is 1. The minimum Gasteiger partial charge on any atom is -0.370 e. The largest absolute Gasteiger partial charge is 0.370 e. The van der Waals surface area contributed by atoms with Crippen molar-refractivity contribution in [3.05, 3.63) is 11.6 Å². The van der Waals surface area contributed by atoms with Crippen LogP contribution in [0.3, 0.4) is 0 Å². The molecule has 3 heteroatoms. The number of aliphatic imine (C=N–C) groups is 1. The van der Waals surface area contributed by atoms with E-state index in [4.69, 9.17) is 5.73 Å². The van der Waals surface area contributed by atoms with E-state index in [1.807, 2.05) is 0 Å². The van der Waals surface area contributed by atoms with Crippen LogP contribution in [0.2, 0.25) is 0 Å². The highest BCUT2D eigenvalue weighted by Crippen LogP contribution is 2.20. The number of hydrogen-bond acceptors (Lipinski definition) is 1. The van der Waals surface area contributed by atoms with E-state index >= 15 is 0 Å². The van der Waals surface area contributed by atoms with E-state index in [1.165, 1.54) is 51.4 Å². The van der Waals surface area contributed by atoms with Gasteiger partial charge in [0.15, 0.2) is 5.96 Å². The summed E-state index contributed by atoms with van der Waals surface area (Å²) in [4.78, 5) is 4.42. The quantitative estimate of drug-likeness (QED) is 0.447. The molecule has 96 valence electrons. The van der Waals surface area contributed by atoms with E-state index in [0.29, 0.717) is 12.0 Å². The van der Waals surface area contributed by atoms with Crippen molar-refractivity contribution >= 4 is 5.96 Å². The van der Waals surface area contributed by atoms with Gasteiger partial charge in [-0.2, -0.15) is 0 Å². The van der Waals surface area contributed by atoms with E-state index < -0.39 is 0 Å². The molecule has 3 N–H and O–H groups in total. The third-order valence-corrected chi connectivity index (χ3v) is 3.81. The minimum absolute atomic E-state index is 0.568. The van der Waals surface area contributed by atoms with Gasteiger partial charge in [0.1, 0.15) is 0 Å². The van der Waals surface area contributed by atoms with Crippen LogP contribution >= 0.6 is 0 Å². The SMILES string of the molecule is NC(=NCCC1=CCCC1)NC1CCCCC1. The first-order valence-corrected chi connectivity index (χ1v) is 7.09. The Hall–Kier alpha value is -0.990. The van der Waals surface area contributed by atoms with Crippen molar-refractivity contribution in [2.24, 2.45) is 10.7 Å². The van der Waals surface area contributed by atoms with Crippen LogP contribution in [0.15, 0.2) is 16.6 Å². The van der Waals surface area contributed by atoms with Gasteiger partial charge in [-0.05, 0) is 38.5 Å². The maximum atomic E-state index is 5.91. The summed E-state index contributed by atoms with van der Waals surface area (Å²) in [6.07, 6.45) is 13.9. The fourth-order valence-corrected chi connectivity index (χ4v) is 2.79. The van der Waals surface area contributed by atoms with Gasteiger partial charge in [-0.15, -0.1) is 0 Å². The van der Waals surface area contributed by atoms with Crippen LogP contribution in [0.4, 0.5) is 0 Å². The monoisotopic (exact) mass is 235 g/mol. The summed E-state index contributed by atoms with van der Waals surface area (Å²) in [7, 11) is 0. The molecule has 0 aromatic rings. The van der Waals surface area contributed by atoms with E-state index in [9.17, 15) is 0 Å². The highest BCUT2D eigenvalue weighted by Gasteiger charge is 2.13. The fourth-order valence-electron chi connectivity index (χ4n) is 2.79. The lowest BCUT2D eigenvalue weighted by molar-refractivity contribution is 0.412. The predicted octanol–water partition coefficient (Wildman–Crippen LogP) is 2.72. The lowest BCUT2D eigenvalue weighted by Gasteiger charge is -2.23. The topological polar surface area (TPSA) is 50.4 Å². The number of nitrogens with one attached hydrogen (secondary N) is 1. The Bertz CT molecular complexity index is 288. The Morgan fingerprint density at radius 1 is 1.29 bits per heavy atom. The van der Waals surface area contributed by atoms with Crippen LogP contribution < -0.4 is 11.1 Å². The first-order valence-electron chi connectivity index (χ1n) is 7.09. The lowest BCUT2D eigenvalue weighted by Crippen LogP contribution is -2.41. The smallest absolute Gasteiger partial charge is 0.188 e. The molecule has 0 heterocycles. The summed E-state index contributed by atoms with van der Waals surface area (Å²) >= 11 is 0. The molecule has 0 spiro atoms. The molecular weight excluding hydrogens is 210 g/mol. The van der Waals surface area contributed by atoms with Crippen LogP contribution in [0.5, 0.6) is 0 Å². The molecule has 3 nitrogen and oxygen atoms in total. The van der Waals surface area contributed by atoms with Crippen LogP contribution in [-0.2, 0) is 0 Å². The molecule has 17 heavy (non-hydrogen) atoms. The Kier molecular flexibility index (Phi) is 4.89. The summed E-state index contributed by atoms with van der Waals surface area (Å²) in [6.45, 7) is 0.845. The first kappa shape index (κ1) is 12.5. The zero-order valence-corrected chi connectivity index (χ0v) is 10.8. The van der Waals surface area contributed by atoms with Crippen molar-refractivity contribution in [1.29, 1.82) is 0 Å². The zero-order valence-electron chi connectivity index (χ0n) is 10.8.